The van der Waals surface area contributed by atoms with Crippen LogP contribution in [0.1, 0.15) is 37.2 Å². The summed E-state index contributed by atoms with van der Waals surface area (Å²) >= 11 is 0. The number of hydrogen-bond acceptors (Lipinski definition) is 4. The molecule has 106 valence electrons. The predicted molar refractivity (Wildman–Crippen MR) is 73.3 cm³/mol. The average Bonchev–Trinajstić information content (AvgIpc) is 2.46. The summed E-state index contributed by atoms with van der Waals surface area (Å²) in [6.45, 7) is 0. The van der Waals surface area contributed by atoms with Gasteiger partial charge in [-0.15, -0.1) is 0 Å². The molecular formula is C15H22O4. The van der Waals surface area contributed by atoms with Crippen LogP contribution in [0.2, 0.25) is 0 Å². The molecule has 1 aromatic carbocycles. The van der Waals surface area contributed by atoms with Gasteiger partial charge in [0.1, 0.15) is 17.2 Å². The summed E-state index contributed by atoms with van der Waals surface area (Å²) in [7, 11) is 4.95. The summed E-state index contributed by atoms with van der Waals surface area (Å²) in [6.07, 6.45) is 3.43. The number of ether oxygens (including phenoxy) is 3. The minimum atomic E-state index is -0.161. The van der Waals surface area contributed by atoms with Gasteiger partial charge in [0, 0.05) is 17.7 Å². The quantitative estimate of drug-likeness (QED) is 0.910. The number of methoxy groups -OCH3 is 3. The molecule has 0 amide bonds. The Morgan fingerprint density at radius 2 is 1.42 bits per heavy atom. The zero-order valence-corrected chi connectivity index (χ0v) is 11.8. The largest absolute Gasteiger partial charge is 0.496 e. The highest BCUT2D eigenvalue weighted by molar-refractivity contribution is 5.52. The molecule has 2 rings (SSSR count). The van der Waals surface area contributed by atoms with Crippen molar-refractivity contribution in [2.45, 2.75) is 37.7 Å². The lowest BCUT2D eigenvalue weighted by atomic mass is 9.82. The second-order valence-electron chi connectivity index (χ2n) is 4.95. The summed E-state index contributed by atoms with van der Waals surface area (Å²) in [4.78, 5) is 0. The molecule has 0 unspecified atom stereocenters. The van der Waals surface area contributed by atoms with Crippen LogP contribution in [0, 0.1) is 0 Å². The van der Waals surface area contributed by atoms with E-state index >= 15 is 0 Å². The van der Waals surface area contributed by atoms with Gasteiger partial charge in [0.2, 0.25) is 0 Å². The summed E-state index contributed by atoms with van der Waals surface area (Å²) in [6, 6.07) is 3.78. The molecule has 1 aromatic rings. The van der Waals surface area contributed by atoms with Gasteiger partial charge in [-0.05, 0) is 31.6 Å². The van der Waals surface area contributed by atoms with E-state index in [0.717, 1.165) is 48.5 Å². The zero-order valence-electron chi connectivity index (χ0n) is 11.8. The van der Waals surface area contributed by atoms with Gasteiger partial charge in [-0.3, -0.25) is 0 Å². The fourth-order valence-corrected chi connectivity index (χ4v) is 2.80. The Bertz CT molecular complexity index is 397. The van der Waals surface area contributed by atoms with E-state index in [2.05, 4.69) is 0 Å². The van der Waals surface area contributed by atoms with Crippen LogP contribution in [0.25, 0.3) is 0 Å². The molecule has 1 aliphatic rings. The van der Waals surface area contributed by atoms with Gasteiger partial charge in [0.25, 0.3) is 0 Å². The normalized spacial score (nSPS) is 22.9. The smallest absolute Gasteiger partial charge is 0.129 e. The van der Waals surface area contributed by atoms with Crippen LogP contribution < -0.4 is 14.2 Å². The number of aliphatic hydroxyl groups excluding tert-OH is 1. The van der Waals surface area contributed by atoms with Crippen molar-refractivity contribution in [3.63, 3.8) is 0 Å². The Balaban J connectivity index is 2.36. The maximum Gasteiger partial charge on any atom is 0.129 e. The Morgan fingerprint density at radius 3 is 1.84 bits per heavy atom. The van der Waals surface area contributed by atoms with Gasteiger partial charge in [-0.1, -0.05) is 0 Å². The van der Waals surface area contributed by atoms with Crippen molar-refractivity contribution in [1.29, 1.82) is 0 Å². The Morgan fingerprint density at radius 1 is 0.895 bits per heavy atom. The van der Waals surface area contributed by atoms with E-state index in [-0.39, 0.29) is 6.10 Å². The second-order valence-corrected chi connectivity index (χ2v) is 4.95. The number of rotatable bonds is 4. The number of benzene rings is 1. The van der Waals surface area contributed by atoms with E-state index in [4.69, 9.17) is 14.2 Å². The molecular weight excluding hydrogens is 244 g/mol. The van der Waals surface area contributed by atoms with E-state index in [1.165, 1.54) is 0 Å². The zero-order chi connectivity index (χ0) is 13.8. The van der Waals surface area contributed by atoms with E-state index in [1.54, 1.807) is 21.3 Å². The first-order chi connectivity index (χ1) is 9.19. The van der Waals surface area contributed by atoms with Gasteiger partial charge in [0.05, 0.1) is 27.4 Å². The van der Waals surface area contributed by atoms with Crippen LogP contribution >= 0.6 is 0 Å². The van der Waals surface area contributed by atoms with Gasteiger partial charge in [0.15, 0.2) is 0 Å². The fraction of sp³-hybridized carbons (Fsp3) is 0.600. The summed E-state index contributed by atoms with van der Waals surface area (Å²) in [5.74, 6) is 2.71. The molecule has 0 spiro atoms. The maximum atomic E-state index is 9.63. The van der Waals surface area contributed by atoms with Gasteiger partial charge in [-0.2, -0.15) is 0 Å². The minimum Gasteiger partial charge on any atom is -0.496 e. The van der Waals surface area contributed by atoms with Crippen molar-refractivity contribution in [3.05, 3.63) is 17.7 Å². The fourth-order valence-electron chi connectivity index (χ4n) is 2.80. The van der Waals surface area contributed by atoms with Gasteiger partial charge >= 0.3 is 0 Å². The van der Waals surface area contributed by atoms with Crippen molar-refractivity contribution in [2.24, 2.45) is 0 Å². The molecule has 1 fully saturated rings. The van der Waals surface area contributed by atoms with Gasteiger partial charge in [-0.25, -0.2) is 0 Å². The molecule has 1 saturated carbocycles. The standard InChI is InChI=1S/C15H22O4/c1-17-12-8-13(18-2)15(14(9-12)19-3)10-4-6-11(16)7-5-10/h8-11,16H,4-7H2,1-3H3. The lowest BCUT2D eigenvalue weighted by molar-refractivity contribution is 0.121. The van der Waals surface area contributed by atoms with Crippen LogP contribution in [0.15, 0.2) is 12.1 Å². The van der Waals surface area contributed by atoms with E-state index in [9.17, 15) is 5.11 Å². The predicted octanol–water partition coefficient (Wildman–Crippen LogP) is 2.73. The first kappa shape index (κ1) is 14.0. The molecule has 0 aliphatic heterocycles. The molecule has 19 heavy (non-hydrogen) atoms. The lowest BCUT2D eigenvalue weighted by Gasteiger charge is -2.28. The van der Waals surface area contributed by atoms with E-state index < -0.39 is 0 Å². The Kier molecular flexibility index (Phi) is 4.53. The number of hydrogen-bond donors (Lipinski definition) is 1. The molecule has 0 atom stereocenters. The monoisotopic (exact) mass is 266 g/mol. The third kappa shape index (κ3) is 2.95. The van der Waals surface area contributed by atoms with Crippen molar-refractivity contribution in [2.75, 3.05) is 21.3 Å². The molecule has 0 saturated heterocycles. The van der Waals surface area contributed by atoms with Crippen molar-refractivity contribution in [3.8, 4) is 17.2 Å². The highest BCUT2D eigenvalue weighted by atomic mass is 16.5. The highest BCUT2D eigenvalue weighted by Crippen LogP contribution is 2.44. The molecule has 0 heterocycles. The maximum absolute atomic E-state index is 9.63. The van der Waals surface area contributed by atoms with Crippen LogP contribution in [0.3, 0.4) is 0 Å². The third-order valence-corrected chi connectivity index (χ3v) is 3.86. The topological polar surface area (TPSA) is 47.9 Å². The Labute approximate surface area is 114 Å². The molecule has 1 N–H and O–H groups in total. The minimum absolute atomic E-state index is 0.161. The lowest BCUT2D eigenvalue weighted by Crippen LogP contribution is -2.18. The second kappa shape index (κ2) is 6.15. The third-order valence-electron chi connectivity index (χ3n) is 3.86. The summed E-state index contributed by atoms with van der Waals surface area (Å²) in [5, 5.41) is 9.63. The molecule has 0 bridgehead atoms. The number of aliphatic hydroxyl groups is 1. The van der Waals surface area contributed by atoms with Crippen LogP contribution in [0.5, 0.6) is 17.2 Å². The van der Waals surface area contributed by atoms with Crippen molar-refractivity contribution in [1.82, 2.24) is 0 Å². The van der Waals surface area contributed by atoms with Crippen LogP contribution in [-0.2, 0) is 0 Å². The summed E-state index contributed by atoms with van der Waals surface area (Å²) in [5.41, 5.74) is 1.10. The van der Waals surface area contributed by atoms with E-state index in [1.807, 2.05) is 12.1 Å². The first-order valence-corrected chi connectivity index (χ1v) is 6.67. The molecule has 4 nitrogen and oxygen atoms in total. The van der Waals surface area contributed by atoms with E-state index in [0.29, 0.717) is 5.92 Å². The first-order valence-electron chi connectivity index (χ1n) is 6.67. The van der Waals surface area contributed by atoms with Crippen LogP contribution in [-0.4, -0.2) is 32.5 Å². The average molecular weight is 266 g/mol. The highest BCUT2D eigenvalue weighted by Gasteiger charge is 2.27. The van der Waals surface area contributed by atoms with Crippen molar-refractivity contribution >= 4 is 0 Å². The SMILES string of the molecule is COc1cc(OC)c(C2CCC(O)CC2)c(OC)c1. The van der Waals surface area contributed by atoms with Gasteiger partial charge < -0.3 is 19.3 Å². The molecule has 4 heteroatoms. The van der Waals surface area contributed by atoms with Crippen LogP contribution in [0.4, 0.5) is 0 Å². The molecule has 1 aliphatic carbocycles. The molecule has 0 aromatic heterocycles. The summed E-state index contributed by atoms with van der Waals surface area (Å²) < 4.78 is 16.2. The Hall–Kier alpha value is -1.42. The molecule has 0 radical (unpaired) electrons. The van der Waals surface area contributed by atoms with Crippen molar-refractivity contribution < 1.29 is 19.3 Å².